The maximum atomic E-state index is 8.63. The molecule has 0 saturated heterocycles. The van der Waals surface area contributed by atoms with Gasteiger partial charge in [0.25, 0.3) is 0 Å². The zero-order valence-electron chi connectivity index (χ0n) is 8.13. The van der Waals surface area contributed by atoms with Crippen molar-refractivity contribution >= 4 is 29.7 Å². The molecule has 2 rings (SSSR count). The lowest BCUT2D eigenvalue weighted by Gasteiger charge is -1.90. The molecule has 1 heterocycles. The van der Waals surface area contributed by atoms with E-state index in [2.05, 4.69) is 12.6 Å². The molecule has 0 unspecified atom stereocenters. The molecule has 0 aliphatic heterocycles. The molecular formula is C11H13NOS2. The summed E-state index contributed by atoms with van der Waals surface area (Å²) in [6.07, 6.45) is 0. The Kier molecular flexibility index (Phi) is 5.25. The summed E-state index contributed by atoms with van der Waals surface area (Å²) in [7, 11) is 0. The molecule has 1 aromatic carbocycles. The summed E-state index contributed by atoms with van der Waals surface area (Å²) in [5.41, 5.74) is 6.09. The van der Waals surface area contributed by atoms with E-state index in [1.165, 1.54) is 11.3 Å². The molecule has 4 heteroatoms. The van der Waals surface area contributed by atoms with Crippen LogP contribution >= 0.6 is 24.0 Å². The molecule has 0 radical (unpaired) electrons. The van der Waals surface area contributed by atoms with Crippen LogP contribution in [0, 0.1) is 0 Å². The van der Waals surface area contributed by atoms with Crippen LogP contribution in [0.2, 0.25) is 0 Å². The average molecular weight is 239 g/mol. The summed E-state index contributed by atoms with van der Waals surface area (Å²) >= 11 is 5.47. The lowest BCUT2D eigenvalue weighted by atomic mass is 10.4. The zero-order valence-corrected chi connectivity index (χ0v) is 9.84. The second-order valence-electron chi connectivity index (χ2n) is 2.77. The Labute approximate surface area is 98.8 Å². The van der Waals surface area contributed by atoms with Crippen LogP contribution in [0.25, 0.3) is 0 Å². The molecule has 0 saturated carbocycles. The van der Waals surface area contributed by atoms with Crippen molar-refractivity contribution in [3.05, 3.63) is 46.7 Å². The highest BCUT2D eigenvalue weighted by Crippen LogP contribution is 2.27. The third kappa shape index (κ3) is 3.95. The summed E-state index contributed by atoms with van der Waals surface area (Å²) in [6.45, 7) is 0.0110. The van der Waals surface area contributed by atoms with Crippen LogP contribution in [0.4, 0.5) is 5.69 Å². The normalized spacial score (nSPS) is 9.20. The SMILES string of the molecule is Nc1c(S)csc1CO.c1ccccc1. The van der Waals surface area contributed by atoms with E-state index in [9.17, 15) is 0 Å². The molecule has 2 aromatic rings. The highest BCUT2D eigenvalue weighted by molar-refractivity contribution is 7.80. The quantitative estimate of drug-likeness (QED) is 0.670. The number of hydrogen-bond donors (Lipinski definition) is 3. The van der Waals surface area contributed by atoms with E-state index in [-0.39, 0.29) is 6.61 Å². The number of benzene rings is 1. The van der Waals surface area contributed by atoms with E-state index < -0.39 is 0 Å². The van der Waals surface area contributed by atoms with Gasteiger partial charge in [0.2, 0.25) is 0 Å². The molecule has 0 amide bonds. The number of nitrogens with two attached hydrogens (primary N) is 1. The number of rotatable bonds is 1. The minimum absolute atomic E-state index is 0.0110. The molecule has 3 N–H and O–H groups in total. The third-order valence-electron chi connectivity index (χ3n) is 1.70. The van der Waals surface area contributed by atoms with Gasteiger partial charge >= 0.3 is 0 Å². The van der Waals surface area contributed by atoms with Gasteiger partial charge in [0.15, 0.2) is 0 Å². The van der Waals surface area contributed by atoms with Gasteiger partial charge in [-0.1, -0.05) is 36.4 Å². The number of nitrogen functional groups attached to an aromatic ring is 1. The molecule has 0 aliphatic rings. The minimum Gasteiger partial charge on any atom is -0.397 e. The molecule has 2 nitrogen and oxygen atoms in total. The summed E-state index contributed by atoms with van der Waals surface area (Å²) in [6, 6.07) is 12.0. The van der Waals surface area contributed by atoms with Crippen molar-refractivity contribution in [1.29, 1.82) is 0 Å². The van der Waals surface area contributed by atoms with Gasteiger partial charge < -0.3 is 10.8 Å². The average Bonchev–Trinajstić information content (AvgIpc) is 2.63. The van der Waals surface area contributed by atoms with Crippen LogP contribution in [0.15, 0.2) is 46.7 Å². The molecule has 80 valence electrons. The molecule has 1 aromatic heterocycles. The first-order chi connectivity index (χ1) is 7.25. The van der Waals surface area contributed by atoms with Crippen molar-refractivity contribution in [3.63, 3.8) is 0 Å². The number of aliphatic hydroxyl groups excluding tert-OH is 1. The molecular weight excluding hydrogens is 226 g/mol. The Morgan fingerprint density at radius 2 is 1.60 bits per heavy atom. The smallest absolute Gasteiger partial charge is 0.0795 e. The Morgan fingerprint density at radius 3 is 1.80 bits per heavy atom. The van der Waals surface area contributed by atoms with E-state index in [0.717, 1.165) is 9.77 Å². The first-order valence-electron chi connectivity index (χ1n) is 4.41. The Bertz CT molecular complexity index is 360. The summed E-state index contributed by atoms with van der Waals surface area (Å²) in [4.78, 5) is 1.55. The van der Waals surface area contributed by atoms with Gasteiger partial charge in [0.1, 0.15) is 0 Å². The molecule has 0 atom stereocenters. The molecule has 0 bridgehead atoms. The monoisotopic (exact) mass is 239 g/mol. The van der Waals surface area contributed by atoms with E-state index in [4.69, 9.17) is 10.8 Å². The second kappa shape index (κ2) is 6.50. The van der Waals surface area contributed by atoms with Crippen molar-refractivity contribution in [1.82, 2.24) is 0 Å². The lowest BCUT2D eigenvalue weighted by molar-refractivity contribution is 0.286. The van der Waals surface area contributed by atoms with Crippen LogP contribution in [0.3, 0.4) is 0 Å². The molecule has 0 spiro atoms. The standard InChI is InChI=1S/C6H6.C5H7NOS2/c1-2-4-6-5-3-1;6-5-3(8)2-9-4(5)1-7/h1-6H;2,7-8H,1,6H2. The van der Waals surface area contributed by atoms with Crippen molar-refractivity contribution in [2.24, 2.45) is 0 Å². The van der Waals surface area contributed by atoms with Gasteiger partial charge in [-0.2, -0.15) is 0 Å². The largest absolute Gasteiger partial charge is 0.397 e. The fourth-order valence-corrected chi connectivity index (χ4v) is 1.97. The Hall–Kier alpha value is -0.970. The fourth-order valence-electron chi connectivity index (χ4n) is 0.904. The number of hydrogen-bond acceptors (Lipinski definition) is 4. The highest BCUT2D eigenvalue weighted by atomic mass is 32.1. The fraction of sp³-hybridized carbons (Fsp3) is 0.0909. The van der Waals surface area contributed by atoms with Crippen LogP contribution < -0.4 is 5.73 Å². The predicted octanol–water partition coefficient (Wildman–Crippen LogP) is 2.80. The van der Waals surface area contributed by atoms with Gasteiger partial charge in [0, 0.05) is 10.3 Å². The van der Waals surface area contributed by atoms with Crippen molar-refractivity contribution < 1.29 is 5.11 Å². The van der Waals surface area contributed by atoms with Crippen molar-refractivity contribution in [2.75, 3.05) is 5.73 Å². The number of aliphatic hydroxyl groups is 1. The van der Waals surface area contributed by atoms with Gasteiger partial charge in [-0.25, -0.2) is 0 Å². The second-order valence-corrected chi connectivity index (χ2v) is 4.22. The molecule has 0 fully saturated rings. The van der Waals surface area contributed by atoms with Gasteiger partial charge in [-0.3, -0.25) is 0 Å². The lowest BCUT2D eigenvalue weighted by Crippen LogP contribution is -1.87. The van der Waals surface area contributed by atoms with Gasteiger partial charge in [-0.15, -0.1) is 24.0 Å². The molecule has 0 aliphatic carbocycles. The minimum atomic E-state index is 0.0110. The van der Waals surface area contributed by atoms with E-state index in [1.54, 1.807) is 0 Å². The summed E-state index contributed by atoms with van der Waals surface area (Å²) in [5.74, 6) is 0. The van der Waals surface area contributed by atoms with Crippen LogP contribution in [0.1, 0.15) is 4.88 Å². The van der Waals surface area contributed by atoms with E-state index in [1.807, 2.05) is 41.8 Å². The van der Waals surface area contributed by atoms with Crippen molar-refractivity contribution in [2.45, 2.75) is 11.5 Å². The third-order valence-corrected chi connectivity index (χ3v) is 3.23. The predicted molar refractivity (Wildman–Crippen MR) is 68.3 cm³/mol. The van der Waals surface area contributed by atoms with Crippen LogP contribution in [-0.2, 0) is 6.61 Å². The van der Waals surface area contributed by atoms with Gasteiger partial charge in [-0.05, 0) is 0 Å². The zero-order chi connectivity index (χ0) is 11.1. The molecule has 15 heavy (non-hydrogen) atoms. The van der Waals surface area contributed by atoms with Crippen LogP contribution in [-0.4, -0.2) is 5.11 Å². The van der Waals surface area contributed by atoms with E-state index in [0.29, 0.717) is 5.69 Å². The first kappa shape index (κ1) is 12.1. The summed E-state index contributed by atoms with van der Waals surface area (Å²) < 4.78 is 0. The number of thiol groups is 1. The first-order valence-corrected chi connectivity index (χ1v) is 5.74. The van der Waals surface area contributed by atoms with Gasteiger partial charge in [0.05, 0.1) is 17.2 Å². The van der Waals surface area contributed by atoms with E-state index >= 15 is 0 Å². The Balaban J connectivity index is 0.000000162. The van der Waals surface area contributed by atoms with Crippen molar-refractivity contribution in [3.8, 4) is 0 Å². The number of anilines is 1. The van der Waals surface area contributed by atoms with Crippen LogP contribution in [0.5, 0.6) is 0 Å². The summed E-state index contributed by atoms with van der Waals surface area (Å²) in [5, 5.41) is 10.4. The highest BCUT2D eigenvalue weighted by Gasteiger charge is 2.02. The maximum absolute atomic E-state index is 8.63. The topological polar surface area (TPSA) is 46.2 Å². The maximum Gasteiger partial charge on any atom is 0.0795 e. The number of thiophene rings is 1. The Morgan fingerprint density at radius 1 is 1.13 bits per heavy atom.